The number of benzene rings is 1. The molecule has 1 aliphatic heterocycles. The molecule has 2 N–H and O–H groups in total. The van der Waals surface area contributed by atoms with Crippen molar-refractivity contribution in [3.05, 3.63) is 36.8 Å². The van der Waals surface area contributed by atoms with Crippen molar-refractivity contribution in [3.8, 4) is 11.5 Å². The summed E-state index contributed by atoms with van der Waals surface area (Å²) in [7, 11) is 1.55. The lowest BCUT2D eigenvalue weighted by Crippen LogP contribution is -2.27. The first-order valence-electron chi connectivity index (χ1n) is 5.03. The molecule has 1 aliphatic rings. The van der Waals surface area contributed by atoms with Gasteiger partial charge in [-0.05, 0) is 12.1 Å². The highest BCUT2D eigenvalue weighted by atomic mass is 16.6. The normalized spacial score (nSPS) is 19.0. The van der Waals surface area contributed by atoms with Crippen molar-refractivity contribution in [1.82, 2.24) is 0 Å². The van der Waals surface area contributed by atoms with Crippen LogP contribution >= 0.6 is 0 Å². The number of aliphatic hydroxyl groups excluding tert-OH is 1. The van der Waals surface area contributed by atoms with Crippen LogP contribution < -0.4 is 9.47 Å². The zero-order valence-electron chi connectivity index (χ0n) is 9.29. The first kappa shape index (κ1) is 11.4. The second kappa shape index (κ2) is 4.84. The summed E-state index contributed by atoms with van der Waals surface area (Å²) in [5.74, 6) is 8.19. The van der Waals surface area contributed by atoms with Crippen LogP contribution in [0.1, 0.15) is 0 Å². The lowest BCUT2D eigenvalue weighted by atomic mass is 10.3. The summed E-state index contributed by atoms with van der Waals surface area (Å²) in [6.07, 6.45) is -0.655. The molecule has 0 aromatic heterocycles. The highest BCUT2D eigenvalue weighted by molar-refractivity contribution is 5.75. The molecular weight excluding hydrogens is 224 g/mol. The Hall–Kier alpha value is -2.08. The summed E-state index contributed by atoms with van der Waals surface area (Å²) in [4.78, 5) is 0. The van der Waals surface area contributed by atoms with Crippen LogP contribution in [-0.4, -0.2) is 35.5 Å². The van der Waals surface area contributed by atoms with Gasteiger partial charge < -0.3 is 29.8 Å². The smallest absolute Gasteiger partial charge is 0.218 e. The van der Waals surface area contributed by atoms with E-state index in [-0.39, 0.29) is 12.5 Å². The maximum atomic E-state index is 9.45. The highest BCUT2D eigenvalue weighted by Gasteiger charge is 2.22. The second-order valence-electron chi connectivity index (χ2n) is 3.42. The predicted octanol–water partition coefficient (Wildman–Crippen LogP) is 1.53. The van der Waals surface area contributed by atoms with Crippen molar-refractivity contribution in [2.45, 2.75) is 6.10 Å². The average Bonchev–Trinajstić information content (AvgIpc) is 2.68. The van der Waals surface area contributed by atoms with E-state index in [4.69, 9.17) is 20.1 Å². The molecule has 6 nitrogen and oxygen atoms in total. The largest absolute Gasteiger partial charge is 0.546 e. The van der Waals surface area contributed by atoms with Crippen LogP contribution in [0.2, 0.25) is 0 Å². The molecule has 0 amide bonds. The van der Waals surface area contributed by atoms with Crippen LogP contribution in [0, 0.1) is 6.73 Å². The van der Waals surface area contributed by atoms with E-state index in [9.17, 15) is 5.11 Å². The van der Waals surface area contributed by atoms with Crippen LogP contribution in [0.25, 0.3) is 5.84 Å². The molecular formula is C11H13N2O4-. The maximum Gasteiger partial charge on any atom is 0.218 e. The Morgan fingerprint density at radius 2 is 2.18 bits per heavy atom. The minimum Gasteiger partial charge on any atom is -0.546 e. The van der Waals surface area contributed by atoms with E-state index in [1.807, 2.05) is 12.1 Å². The minimum absolute atomic E-state index is 0.109. The van der Waals surface area contributed by atoms with Gasteiger partial charge in [-0.25, -0.2) is 0 Å². The van der Waals surface area contributed by atoms with Gasteiger partial charge in [-0.1, -0.05) is 12.1 Å². The van der Waals surface area contributed by atoms with Crippen molar-refractivity contribution < 1.29 is 24.0 Å². The first-order valence-corrected chi connectivity index (χ1v) is 5.03. The van der Waals surface area contributed by atoms with Gasteiger partial charge in [0.2, 0.25) is 5.90 Å². The monoisotopic (exact) mass is 237 g/mol. The number of nitrogens with one attached hydrogen (secondary N) is 1. The number of hydrogen-bond donors (Lipinski definition) is 1. The highest BCUT2D eigenvalue weighted by Crippen LogP contribution is 2.26. The van der Waals surface area contributed by atoms with E-state index in [1.54, 1.807) is 19.2 Å². The Kier molecular flexibility index (Phi) is 3.24. The summed E-state index contributed by atoms with van der Waals surface area (Å²) in [6.45, 7) is 1.23. The fraction of sp³-hybridized carbons (Fsp3) is 0.273. The number of nitrogens with zero attached hydrogens (tertiary/aromatic N) is 1. The molecule has 1 aromatic rings. The molecule has 1 unspecified atom stereocenters. The fourth-order valence-electron chi connectivity index (χ4n) is 1.42. The second-order valence-corrected chi connectivity index (χ2v) is 3.42. The molecule has 0 bridgehead atoms. The molecule has 92 valence electrons. The molecule has 0 radical (unpaired) electrons. The zero-order chi connectivity index (χ0) is 12.3. The van der Waals surface area contributed by atoms with Gasteiger partial charge in [0.05, 0.1) is 7.11 Å². The SMILES string of the molecule is COc1ccccc1OCC1O[CH-][N+]([NH-])=C1O. The van der Waals surface area contributed by atoms with Crippen LogP contribution in [0.15, 0.2) is 24.3 Å². The van der Waals surface area contributed by atoms with Crippen molar-refractivity contribution >= 4 is 5.90 Å². The van der Waals surface area contributed by atoms with Gasteiger partial charge in [-0.15, -0.1) is 0 Å². The van der Waals surface area contributed by atoms with Gasteiger partial charge in [0, 0.05) is 0 Å². The fourth-order valence-corrected chi connectivity index (χ4v) is 1.42. The number of aliphatic hydroxyl groups is 1. The van der Waals surface area contributed by atoms with Crippen LogP contribution in [0.4, 0.5) is 0 Å². The third kappa shape index (κ3) is 2.36. The molecule has 0 spiro atoms. The van der Waals surface area contributed by atoms with Crippen LogP contribution in [0.3, 0.4) is 0 Å². The standard InChI is InChI=1S/C11H13N2O4/c1-15-8-4-2-3-5-9(8)16-6-10-11(14)13(12)7-17-10/h2-5,7,10,12,14H,6H2,1H3/q-1. The molecule has 0 saturated carbocycles. The molecule has 0 saturated heterocycles. The van der Waals surface area contributed by atoms with E-state index in [2.05, 4.69) is 0 Å². The van der Waals surface area contributed by atoms with E-state index < -0.39 is 6.10 Å². The Morgan fingerprint density at radius 3 is 2.76 bits per heavy atom. The molecule has 0 fully saturated rings. The predicted molar refractivity (Wildman–Crippen MR) is 59.9 cm³/mol. The van der Waals surface area contributed by atoms with Crippen molar-refractivity contribution in [2.75, 3.05) is 13.7 Å². The lowest BCUT2D eigenvalue weighted by molar-refractivity contribution is -0.442. The number of hydrogen-bond acceptors (Lipinski definition) is 3. The van der Waals surface area contributed by atoms with E-state index in [1.165, 1.54) is 0 Å². The summed E-state index contributed by atoms with van der Waals surface area (Å²) in [5, 5.41) is 9.45. The number of ether oxygens (including phenoxy) is 3. The summed E-state index contributed by atoms with van der Waals surface area (Å²) >= 11 is 0. The Bertz CT molecular complexity index is 433. The summed E-state index contributed by atoms with van der Waals surface area (Å²) < 4.78 is 16.4. The Labute approximate surface area is 98.8 Å². The first-order chi connectivity index (χ1) is 8.22. The number of methoxy groups -OCH3 is 1. The average molecular weight is 237 g/mol. The van der Waals surface area contributed by atoms with Gasteiger partial charge in [-0.2, -0.15) is 0 Å². The zero-order valence-corrected chi connectivity index (χ0v) is 9.29. The van der Waals surface area contributed by atoms with Gasteiger partial charge in [0.25, 0.3) is 0 Å². The molecule has 1 atom stereocenters. The maximum absolute atomic E-state index is 9.45. The van der Waals surface area contributed by atoms with Crippen LogP contribution in [-0.2, 0) is 4.74 Å². The topological polar surface area (TPSA) is 74.7 Å². The number of rotatable bonds is 4. The van der Waals surface area contributed by atoms with Gasteiger partial charge in [0.1, 0.15) is 19.4 Å². The molecule has 0 aliphatic carbocycles. The minimum atomic E-state index is -0.655. The number of para-hydroxylation sites is 2. The molecule has 6 heteroatoms. The van der Waals surface area contributed by atoms with Crippen molar-refractivity contribution in [3.63, 3.8) is 0 Å². The van der Waals surface area contributed by atoms with Crippen LogP contribution in [0.5, 0.6) is 11.5 Å². The Morgan fingerprint density at radius 1 is 1.47 bits per heavy atom. The Balaban J connectivity index is 1.99. The lowest BCUT2D eigenvalue weighted by Gasteiger charge is -2.14. The third-order valence-corrected chi connectivity index (χ3v) is 2.32. The summed E-state index contributed by atoms with van der Waals surface area (Å²) in [5.41, 5.74) is 0. The van der Waals surface area contributed by atoms with Gasteiger partial charge in [0.15, 0.2) is 11.5 Å². The van der Waals surface area contributed by atoms with Crippen molar-refractivity contribution in [1.29, 1.82) is 0 Å². The van der Waals surface area contributed by atoms with E-state index in [0.717, 1.165) is 11.4 Å². The summed E-state index contributed by atoms with van der Waals surface area (Å²) in [6, 6.07) is 7.19. The molecule has 17 heavy (non-hydrogen) atoms. The quantitative estimate of drug-likeness (QED) is 0.636. The van der Waals surface area contributed by atoms with Gasteiger partial charge >= 0.3 is 0 Å². The molecule has 1 heterocycles. The van der Waals surface area contributed by atoms with Crippen molar-refractivity contribution in [2.24, 2.45) is 0 Å². The van der Waals surface area contributed by atoms with E-state index >= 15 is 0 Å². The molecule has 1 aromatic carbocycles. The van der Waals surface area contributed by atoms with Gasteiger partial charge in [-0.3, -0.25) is 0 Å². The third-order valence-electron chi connectivity index (χ3n) is 2.32. The molecule has 2 rings (SSSR count). The van der Waals surface area contributed by atoms with E-state index in [0.29, 0.717) is 11.5 Å².